The van der Waals surface area contributed by atoms with Crippen molar-refractivity contribution in [3.8, 4) is 5.75 Å². The van der Waals surface area contributed by atoms with E-state index in [0.29, 0.717) is 25.3 Å². The van der Waals surface area contributed by atoms with Gasteiger partial charge in [0.25, 0.3) is 0 Å². The smallest absolute Gasteiger partial charge is 0.241 e. The first-order valence-electron chi connectivity index (χ1n) is 6.62. The maximum atomic E-state index is 12.7. The molecule has 0 aliphatic heterocycles. The van der Waals surface area contributed by atoms with Crippen LogP contribution in [0.4, 0.5) is 4.39 Å². The van der Waals surface area contributed by atoms with Gasteiger partial charge < -0.3 is 20.7 Å². The van der Waals surface area contributed by atoms with Gasteiger partial charge in [0.2, 0.25) is 11.8 Å². The summed E-state index contributed by atoms with van der Waals surface area (Å²) in [5.41, 5.74) is 5.12. The molecule has 1 aromatic rings. The second-order valence-corrected chi connectivity index (χ2v) is 4.45. The van der Waals surface area contributed by atoms with Gasteiger partial charge in [-0.15, -0.1) is 0 Å². The van der Waals surface area contributed by atoms with Crippen LogP contribution < -0.4 is 15.8 Å². The quantitative estimate of drug-likeness (QED) is 0.668. The number of carbonyl (C=O) groups excluding carboxylic acids is 2. The van der Waals surface area contributed by atoms with Gasteiger partial charge in [0.05, 0.1) is 19.7 Å². The highest BCUT2D eigenvalue weighted by molar-refractivity contribution is 5.85. The van der Waals surface area contributed by atoms with Crippen LogP contribution >= 0.6 is 0 Å². The van der Waals surface area contributed by atoms with Crippen molar-refractivity contribution < 1.29 is 18.7 Å². The van der Waals surface area contributed by atoms with Crippen molar-refractivity contribution in [2.24, 2.45) is 5.73 Å². The summed E-state index contributed by atoms with van der Waals surface area (Å²) in [6.07, 6.45) is 0.629. The number of amides is 2. The molecule has 21 heavy (non-hydrogen) atoms. The molecule has 0 saturated heterocycles. The fourth-order valence-electron chi connectivity index (χ4n) is 1.53. The van der Waals surface area contributed by atoms with Gasteiger partial charge in [-0.1, -0.05) is 0 Å². The standard InChI is InChI=1S/C14H20FN3O3/c1-18(14(20)10-17-13(19)9-16)7-2-8-21-12-5-3-11(15)4-6-12/h3-6H,2,7-10,16H2,1H3,(H,17,19). The first-order valence-corrected chi connectivity index (χ1v) is 6.62. The maximum Gasteiger partial charge on any atom is 0.241 e. The second-order valence-electron chi connectivity index (χ2n) is 4.45. The van der Waals surface area contributed by atoms with Crippen molar-refractivity contribution in [3.63, 3.8) is 0 Å². The lowest BCUT2D eigenvalue weighted by atomic mass is 10.3. The van der Waals surface area contributed by atoms with Crippen molar-refractivity contribution >= 4 is 11.8 Å². The second kappa shape index (κ2) is 8.91. The fourth-order valence-corrected chi connectivity index (χ4v) is 1.53. The molecular weight excluding hydrogens is 277 g/mol. The predicted molar refractivity (Wildman–Crippen MR) is 76.2 cm³/mol. The summed E-state index contributed by atoms with van der Waals surface area (Å²) in [5.74, 6) is -0.289. The molecule has 0 bridgehead atoms. The van der Waals surface area contributed by atoms with E-state index >= 15 is 0 Å². The molecule has 1 rings (SSSR count). The third-order valence-electron chi connectivity index (χ3n) is 2.77. The Balaban J connectivity index is 2.17. The number of halogens is 1. The zero-order valence-electron chi connectivity index (χ0n) is 12.0. The minimum absolute atomic E-state index is 0.0641. The van der Waals surface area contributed by atoms with Crippen molar-refractivity contribution in [2.75, 3.05) is 33.3 Å². The van der Waals surface area contributed by atoms with E-state index in [1.54, 1.807) is 19.2 Å². The van der Waals surface area contributed by atoms with E-state index in [2.05, 4.69) is 5.32 Å². The summed E-state index contributed by atoms with van der Waals surface area (Å²) < 4.78 is 18.1. The summed E-state index contributed by atoms with van der Waals surface area (Å²) in [4.78, 5) is 24.1. The zero-order chi connectivity index (χ0) is 15.7. The van der Waals surface area contributed by atoms with Crippen LogP contribution in [-0.4, -0.2) is 50.0 Å². The molecule has 0 aromatic heterocycles. The number of hydrogen-bond donors (Lipinski definition) is 2. The van der Waals surface area contributed by atoms with Gasteiger partial charge in [-0.3, -0.25) is 9.59 Å². The van der Waals surface area contributed by atoms with Crippen LogP contribution in [0.15, 0.2) is 24.3 Å². The number of ether oxygens (including phenoxy) is 1. The number of rotatable bonds is 8. The number of nitrogens with one attached hydrogen (secondary N) is 1. The molecule has 0 aliphatic rings. The first kappa shape index (κ1) is 16.9. The topological polar surface area (TPSA) is 84.7 Å². The van der Waals surface area contributed by atoms with Gasteiger partial charge in [0, 0.05) is 13.6 Å². The minimum atomic E-state index is -0.364. The molecule has 0 saturated carbocycles. The number of carbonyl (C=O) groups is 2. The van der Waals surface area contributed by atoms with Crippen LogP contribution in [0.5, 0.6) is 5.75 Å². The normalized spacial score (nSPS) is 10.0. The Morgan fingerprint density at radius 2 is 2.00 bits per heavy atom. The van der Waals surface area contributed by atoms with Crippen LogP contribution in [0.3, 0.4) is 0 Å². The number of hydrogen-bond acceptors (Lipinski definition) is 4. The van der Waals surface area contributed by atoms with Crippen LogP contribution in [-0.2, 0) is 9.59 Å². The van der Waals surface area contributed by atoms with E-state index in [9.17, 15) is 14.0 Å². The number of nitrogens with zero attached hydrogens (tertiary/aromatic N) is 1. The first-order chi connectivity index (χ1) is 10.0. The maximum absolute atomic E-state index is 12.7. The SMILES string of the molecule is CN(CCCOc1ccc(F)cc1)C(=O)CNC(=O)CN. The Bertz CT molecular complexity index is 465. The molecular formula is C14H20FN3O3. The van der Waals surface area contributed by atoms with Crippen LogP contribution in [0.25, 0.3) is 0 Å². The Morgan fingerprint density at radius 3 is 2.62 bits per heavy atom. The summed E-state index contributed by atoms with van der Waals surface area (Å²) in [7, 11) is 1.65. The van der Waals surface area contributed by atoms with Crippen molar-refractivity contribution in [1.82, 2.24) is 10.2 Å². The molecule has 0 atom stereocenters. The van der Waals surface area contributed by atoms with Crippen LogP contribution in [0.1, 0.15) is 6.42 Å². The Kier molecular flexibility index (Phi) is 7.17. The minimum Gasteiger partial charge on any atom is -0.494 e. The molecule has 6 nitrogen and oxygen atoms in total. The highest BCUT2D eigenvalue weighted by atomic mass is 19.1. The average Bonchev–Trinajstić information content (AvgIpc) is 2.50. The molecule has 2 amide bonds. The molecule has 0 fully saturated rings. The van der Waals surface area contributed by atoms with Gasteiger partial charge in [0.1, 0.15) is 11.6 Å². The van der Waals surface area contributed by atoms with E-state index in [1.807, 2.05) is 0 Å². The largest absolute Gasteiger partial charge is 0.494 e. The Labute approximate surface area is 123 Å². The molecule has 0 spiro atoms. The third-order valence-corrected chi connectivity index (χ3v) is 2.77. The highest BCUT2D eigenvalue weighted by Gasteiger charge is 2.09. The van der Waals surface area contributed by atoms with Crippen LogP contribution in [0.2, 0.25) is 0 Å². The predicted octanol–water partition coefficient (Wildman–Crippen LogP) is 0.128. The van der Waals surface area contributed by atoms with E-state index < -0.39 is 0 Å². The fraction of sp³-hybridized carbons (Fsp3) is 0.429. The molecule has 0 radical (unpaired) electrons. The highest BCUT2D eigenvalue weighted by Crippen LogP contribution is 2.11. The van der Waals surface area contributed by atoms with E-state index in [4.69, 9.17) is 10.5 Å². The van der Waals surface area contributed by atoms with Crippen molar-refractivity contribution in [2.45, 2.75) is 6.42 Å². The van der Waals surface area contributed by atoms with Gasteiger partial charge in [0.15, 0.2) is 0 Å². The lowest BCUT2D eigenvalue weighted by Gasteiger charge is -2.17. The zero-order valence-corrected chi connectivity index (χ0v) is 12.0. The molecule has 116 valence electrons. The van der Waals surface area contributed by atoms with E-state index in [1.165, 1.54) is 17.0 Å². The Morgan fingerprint density at radius 1 is 1.33 bits per heavy atom. The van der Waals surface area contributed by atoms with Crippen molar-refractivity contribution in [3.05, 3.63) is 30.1 Å². The Hall–Kier alpha value is -2.15. The molecule has 0 unspecified atom stereocenters. The number of benzene rings is 1. The molecule has 0 heterocycles. The molecule has 3 N–H and O–H groups in total. The van der Waals surface area contributed by atoms with E-state index in [0.717, 1.165) is 0 Å². The van der Waals surface area contributed by atoms with Gasteiger partial charge >= 0.3 is 0 Å². The van der Waals surface area contributed by atoms with Gasteiger partial charge in [-0.05, 0) is 30.7 Å². The van der Waals surface area contributed by atoms with Gasteiger partial charge in [-0.25, -0.2) is 4.39 Å². The average molecular weight is 297 g/mol. The molecule has 0 aliphatic carbocycles. The van der Waals surface area contributed by atoms with Crippen molar-refractivity contribution in [1.29, 1.82) is 0 Å². The lowest BCUT2D eigenvalue weighted by molar-refractivity contribution is -0.131. The van der Waals surface area contributed by atoms with E-state index in [-0.39, 0.29) is 30.7 Å². The summed E-state index contributed by atoms with van der Waals surface area (Å²) in [5, 5.41) is 2.41. The van der Waals surface area contributed by atoms with Gasteiger partial charge in [-0.2, -0.15) is 0 Å². The molecule has 7 heteroatoms. The lowest BCUT2D eigenvalue weighted by Crippen LogP contribution is -2.40. The summed E-state index contributed by atoms with van der Waals surface area (Å²) in [6.45, 7) is 0.713. The molecule has 1 aromatic carbocycles. The monoisotopic (exact) mass is 297 g/mol. The summed E-state index contributed by atoms with van der Waals surface area (Å²) >= 11 is 0. The third kappa shape index (κ3) is 6.71. The van der Waals surface area contributed by atoms with Crippen LogP contribution in [0, 0.1) is 5.82 Å². The summed E-state index contributed by atoms with van der Waals surface area (Å²) in [6, 6.07) is 5.75. The number of nitrogens with two attached hydrogens (primary N) is 1. The number of likely N-dealkylation sites (N-methyl/N-ethyl adjacent to an activating group) is 1.